The van der Waals surface area contributed by atoms with Crippen molar-refractivity contribution in [3.63, 3.8) is 0 Å². The first kappa shape index (κ1) is 20.0. The van der Waals surface area contributed by atoms with E-state index in [1.807, 2.05) is 30.3 Å². The fourth-order valence-electron chi connectivity index (χ4n) is 2.58. The number of para-hydroxylation sites is 1. The molecule has 26 heavy (non-hydrogen) atoms. The maximum atomic E-state index is 12.6. The van der Waals surface area contributed by atoms with Crippen LogP contribution in [0.1, 0.15) is 29.8 Å². The Kier molecular flexibility index (Phi) is 6.42. The number of anilines is 1. The van der Waals surface area contributed by atoms with Crippen LogP contribution in [0.3, 0.4) is 0 Å². The Morgan fingerprint density at radius 1 is 1.08 bits per heavy atom. The second-order valence-corrected chi connectivity index (χ2v) is 8.84. The molecule has 0 bridgehead atoms. The van der Waals surface area contributed by atoms with Crippen LogP contribution in [0.4, 0.5) is 5.69 Å². The van der Waals surface area contributed by atoms with Crippen molar-refractivity contribution < 1.29 is 13.2 Å². The van der Waals surface area contributed by atoms with Crippen LogP contribution in [0.5, 0.6) is 0 Å². The number of aryl methyl sites for hydroxylation is 1. The van der Waals surface area contributed by atoms with Gasteiger partial charge in [-0.2, -0.15) is 0 Å². The Hall–Kier alpha value is -2.34. The van der Waals surface area contributed by atoms with Crippen molar-refractivity contribution >= 4 is 21.4 Å². The van der Waals surface area contributed by atoms with E-state index in [0.29, 0.717) is 18.0 Å². The third-order valence-corrected chi connectivity index (χ3v) is 5.41. The molecule has 2 N–H and O–H groups in total. The van der Waals surface area contributed by atoms with E-state index in [2.05, 4.69) is 24.5 Å². The predicted molar refractivity (Wildman–Crippen MR) is 105 cm³/mol. The zero-order valence-corrected chi connectivity index (χ0v) is 16.4. The average Bonchev–Trinajstić information content (AvgIpc) is 2.58. The van der Waals surface area contributed by atoms with Crippen LogP contribution in [-0.4, -0.2) is 33.2 Å². The fourth-order valence-corrected chi connectivity index (χ4v) is 3.22. The molecule has 1 unspecified atom stereocenters. The molecular formula is C20H26N2O3S. The summed E-state index contributed by atoms with van der Waals surface area (Å²) in [6.45, 7) is 6.40. The lowest BCUT2D eigenvalue weighted by Crippen LogP contribution is -2.39. The molecule has 0 aromatic heterocycles. The van der Waals surface area contributed by atoms with Crippen molar-refractivity contribution in [3.05, 3.63) is 59.7 Å². The molecule has 1 atom stereocenters. The monoisotopic (exact) mass is 374 g/mol. The van der Waals surface area contributed by atoms with Crippen LogP contribution >= 0.6 is 0 Å². The number of amides is 1. The number of sulfone groups is 1. The average molecular weight is 375 g/mol. The number of carbonyl (C=O) groups excluding carboxylic acids is 1. The van der Waals surface area contributed by atoms with Crippen molar-refractivity contribution in [3.8, 4) is 0 Å². The molecule has 0 fully saturated rings. The zero-order valence-electron chi connectivity index (χ0n) is 15.6. The topological polar surface area (TPSA) is 75.3 Å². The summed E-state index contributed by atoms with van der Waals surface area (Å²) < 4.78 is 23.5. The summed E-state index contributed by atoms with van der Waals surface area (Å²) >= 11 is 0. The Morgan fingerprint density at radius 3 is 2.31 bits per heavy atom. The number of nitrogens with one attached hydrogen (secondary N) is 2. The second-order valence-electron chi connectivity index (χ2n) is 6.82. The van der Waals surface area contributed by atoms with E-state index < -0.39 is 9.84 Å². The van der Waals surface area contributed by atoms with Gasteiger partial charge in [-0.25, -0.2) is 8.42 Å². The molecule has 1 amide bonds. The molecule has 0 aliphatic heterocycles. The maximum absolute atomic E-state index is 12.6. The Bertz CT molecular complexity index is 862. The normalized spacial score (nSPS) is 12.7. The van der Waals surface area contributed by atoms with Crippen molar-refractivity contribution in [1.29, 1.82) is 0 Å². The van der Waals surface area contributed by atoms with E-state index in [1.165, 1.54) is 12.1 Å². The maximum Gasteiger partial charge on any atom is 0.251 e. The van der Waals surface area contributed by atoms with Gasteiger partial charge in [-0.1, -0.05) is 38.1 Å². The molecule has 140 valence electrons. The van der Waals surface area contributed by atoms with E-state index in [0.717, 1.165) is 17.5 Å². The van der Waals surface area contributed by atoms with Gasteiger partial charge in [-0.3, -0.25) is 4.79 Å². The molecule has 0 aliphatic rings. The van der Waals surface area contributed by atoms with Gasteiger partial charge < -0.3 is 10.6 Å². The minimum atomic E-state index is -3.35. The summed E-state index contributed by atoms with van der Waals surface area (Å²) in [6.07, 6.45) is 1.14. The van der Waals surface area contributed by atoms with Crippen molar-refractivity contribution in [1.82, 2.24) is 5.32 Å². The van der Waals surface area contributed by atoms with E-state index in [9.17, 15) is 13.2 Å². The number of hydrogen-bond donors (Lipinski definition) is 2. The number of rotatable bonds is 7. The standard InChI is InChI=1S/C20H26N2O3S/c1-14(2)19(22-16-8-6-5-7-9-16)13-21-20(23)18-12-17(26(4,24)25)11-10-15(18)3/h5-12,14,19,22H,13H2,1-4H3,(H,21,23). The molecule has 0 aliphatic carbocycles. The van der Waals surface area contributed by atoms with Crippen molar-refractivity contribution in [2.45, 2.75) is 31.7 Å². The third-order valence-electron chi connectivity index (χ3n) is 4.29. The van der Waals surface area contributed by atoms with Gasteiger partial charge in [0.15, 0.2) is 9.84 Å². The van der Waals surface area contributed by atoms with E-state index >= 15 is 0 Å². The molecule has 0 spiro atoms. The van der Waals surface area contributed by atoms with Crippen molar-refractivity contribution in [2.75, 3.05) is 18.1 Å². The third kappa shape index (κ3) is 5.33. The Morgan fingerprint density at radius 2 is 1.73 bits per heavy atom. The predicted octanol–water partition coefficient (Wildman–Crippen LogP) is 3.27. The minimum absolute atomic E-state index is 0.0553. The molecule has 6 heteroatoms. The van der Waals surface area contributed by atoms with Crippen molar-refractivity contribution in [2.24, 2.45) is 5.92 Å². The lowest BCUT2D eigenvalue weighted by atomic mass is 10.0. The molecule has 0 heterocycles. The Balaban J connectivity index is 2.11. The second kappa shape index (κ2) is 8.36. The van der Waals surface area contributed by atoms with Crippen LogP contribution in [0.25, 0.3) is 0 Å². The number of carbonyl (C=O) groups is 1. The summed E-state index contributed by atoms with van der Waals surface area (Å²) in [4.78, 5) is 12.7. The van der Waals surface area contributed by atoms with Gasteiger partial charge in [-0.05, 0) is 42.7 Å². The Labute approximate surface area is 155 Å². The summed E-state index contributed by atoms with van der Waals surface area (Å²) in [5.41, 5.74) is 2.12. The highest BCUT2D eigenvalue weighted by Gasteiger charge is 2.18. The molecule has 2 rings (SSSR count). The lowest BCUT2D eigenvalue weighted by Gasteiger charge is -2.24. The summed E-state index contributed by atoms with van der Waals surface area (Å²) in [5.74, 6) is 0.0347. The largest absolute Gasteiger partial charge is 0.380 e. The quantitative estimate of drug-likeness (QED) is 0.780. The van der Waals surface area contributed by atoms with Crippen LogP contribution in [0.15, 0.2) is 53.4 Å². The highest BCUT2D eigenvalue weighted by molar-refractivity contribution is 7.90. The first-order chi connectivity index (χ1) is 12.2. The molecule has 0 saturated heterocycles. The summed E-state index contributed by atoms with van der Waals surface area (Å²) in [5, 5.41) is 6.35. The van der Waals surface area contributed by atoms with Gasteiger partial charge in [0.2, 0.25) is 0 Å². The fraction of sp³-hybridized carbons (Fsp3) is 0.350. The SMILES string of the molecule is Cc1ccc(S(C)(=O)=O)cc1C(=O)NCC(Nc1ccccc1)C(C)C. The van der Waals surface area contributed by atoms with E-state index in [1.54, 1.807) is 13.0 Å². The summed E-state index contributed by atoms with van der Waals surface area (Å²) in [7, 11) is -3.35. The van der Waals surface area contributed by atoms with Gasteiger partial charge >= 0.3 is 0 Å². The number of hydrogen-bond acceptors (Lipinski definition) is 4. The van der Waals surface area contributed by atoms with Crippen LogP contribution in [0.2, 0.25) is 0 Å². The van der Waals surface area contributed by atoms with E-state index in [4.69, 9.17) is 0 Å². The van der Waals surface area contributed by atoms with E-state index in [-0.39, 0.29) is 16.8 Å². The number of benzene rings is 2. The molecular weight excluding hydrogens is 348 g/mol. The van der Waals surface area contributed by atoms with Gasteiger partial charge in [-0.15, -0.1) is 0 Å². The highest BCUT2D eigenvalue weighted by atomic mass is 32.2. The van der Waals surface area contributed by atoms with Gasteiger partial charge in [0.25, 0.3) is 5.91 Å². The van der Waals surface area contributed by atoms with Crippen LogP contribution in [0, 0.1) is 12.8 Å². The summed E-state index contributed by atoms with van der Waals surface area (Å²) in [6, 6.07) is 14.5. The van der Waals surface area contributed by atoms with Gasteiger partial charge in [0.1, 0.15) is 0 Å². The van der Waals surface area contributed by atoms with Crippen LogP contribution < -0.4 is 10.6 Å². The minimum Gasteiger partial charge on any atom is -0.380 e. The van der Waals surface area contributed by atoms with Gasteiger partial charge in [0.05, 0.1) is 4.90 Å². The molecule has 0 radical (unpaired) electrons. The first-order valence-corrected chi connectivity index (χ1v) is 10.5. The smallest absolute Gasteiger partial charge is 0.251 e. The molecule has 5 nitrogen and oxygen atoms in total. The molecule has 2 aromatic carbocycles. The lowest BCUT2D eigenvalue weighted by molar-refractivity contribution is 0.0949. The molecule has 0 saturated carbocycles. The highest BCUT2D eigenvalue weighted by Crippen LogP contribution is 2.16. The van der Waals surface area contributed by atoms with Crippen LogP contribution in [-0.2, 0) is 9.84 Å². The zero-order chi connectivity index (χ0) is 19.3. The first-order valence-electron chi connectivity index (χ1n) is 8.59. The molecule has 2 aromatic rings. The van der Waals surface area contributed by atoms with Gasteiger partial charge in [0, 0.05) is 30.1 Å².